The fraction of sp³-hybridized carbons (Fsp3) is 0.400. The van der Waals surface area contributed by atoms with Crippen LogP contribution in [0.2, 0.25) is 19.6 Å². The molecule has 3 heterocycles. The Morgan fingerprint density at radius 3 is 2.60 bits per heavy atom. The number of nitrogen functional groups attached to an aromatic ring is 1. The molecule has 0 unspecified atom stereocenters. The first-order valence-electron chi connectivity index (χ1n) is 13.4. The van der Waals surface area contributed by atoms with Crippen molar-refractivity contribution in [2.75, 3.05) is 5.73 Å². The van der Waals surface area contributed by atoms with E-state index in [4.69, 9.17) is 10.2 Å². The number of nitrogens with zero attached hydrogens (tertiary/aromatic N) is 5. The lowest BCUT2D eigenvalue weighted by Gasteiger charge is -2.28. The van der Waals surface area contributed by atoms with Gasteiger partial charge in [-0.3, -0.25) is 14.5 Å². The van der Waals surface area contributed by atoms with E-state index in [1.165, 1.54) is 6.07 Å². The number of anilines is 1. The maximum absolute atomic E-state index is 15.2. The van der Waals surface area contributed by atoms with Crippen molar-refractivity contribution in [3.05, 3.63) is 58.8 Å². The molecule has 1 aliphatic carbocycles. The molecular weight excluding hydrogens is 523 g/mol. The minimum Gasteiger partial charge on any atom is -0.402 e. The first kappa shape index (κ1) is 27.7. The van der Waals surface area contributed by atoms with E-state index < -0.39 is 19.7 Å². The molecule has 0 atom stereocenters. The second kappa shape index (κ2) is 9.98. The fourth-order valence-electron chi connectivity index (χ4n) is 5.07. The normalized spacial score (nSPS) is 13.9. The van der Waals surface area contributed by atoms with Gasteiger partial charge in [0.1, 0.15) is 17.2 Å². The summed E-state index contributed by atoms with van der Waals surface area (Å²) in [7, 11) is 0.0444. The van der Waals surface area contributed by atoms with Crippen LogP contribution in [0.25, 0.3) is 21.8 Å². The number of aromatic nitrogens is 4. The van der Waals surface area contributed by atoms with Gasteiger partial charge in [0.25, 0.3) is 5.91 Å². The van der Waals surface area contributed by atoms with E-state index in [1.807, 2.05) is 40.0 Å². The molecule has 1 amide bonds. The van der Waals surface area contributed by atoms with Crippen molar-refractivity contribution in [2.24, 2.45) is 7.05 Å². The van der Waals surface area contributed by atoms with E-state index in [9.17, 15) is 4.79 Å². The smallest absolute Gasteiger partial charge is 0.254 e. The molecule has 1 fully saturated rings. The molecule has 4 aromatic rings. The van der Waals surface area contributed by atoms with Gasteiger partial charge in [0, 0.05) is 35.8 Å². The first-order valence-corrected chi connectivity index (χ1v) is 16.8. The quantitative estimate of drug-likeness (QED) is 0.254. The third kappa shape index (κ3) is 5.71. The van der Waals surface area contributed by atoms with Crippen molar-refractivity contribution in [1.29, 1.82) is 0 Å². The van der Waals surface area contributed by atoms with Gasteiger partial charge in [0.2, 0.25) is 0 Å². The van der Waals surface area contributed by atoms with Crippen LogP contribution in [0.4, 0.5) is 10.2 Å². The Morgan fingerprint density at radius 1 is 1.23 bits per heavy atom. The van der Waals surface area contributed by atoms with Crippen LogP contribution in [0, 0.1) is 24.6 Å². The Hall–Kier alpha value is -3.81. The van der Waals surface area contributed by atoms with Crippen LogP contribution in [0.5, 0.6) is 0 Å². The maximum atomic E-state index is 15.2. The molecule has 1 saturated carbocycles. The minimum atomic E-state index is -1.79. The lowest BCUT2D eigenvalue weighted by Crippen LogP contribution is -2.37. The first-order chi connectivity index (χ1) is 18.7. The maximum Gasteiger partial charge on any atom is 0.254 e. The lowest BCUT2D eigenvalue weighted by molar-refractivity contribution is 0.0725. The highest BCUT2D eigenvalue weighted by Gasteiger charge is 2.35. The molecule has 0 bridgehead atoms. The molecule has 8 nitrogen and oxygen atoms in total. The summed E-state index contributed by atoms with van der Waals surface area (Å²) in [6, 6.07) is 5.15. The van der Waals surface area contributed by atoms with Crippen molar-refractivity contribution in [3.8, 4) is 11.8 Å². The Bertz CT molecular complexity index is 1710. The van der Waals surface area contributed by atoms with Gasteiger partial charge in [-0.2, -0.15) is 5.10 Å². The van der Waals surface area contributed by atoms with Gasteiger partial charge < -0.3 is 15.1 Å². The van der Waals surface area contributed by atoms with Gasteiger partial charge in [-0.1, -0.05) is 11.8 Å². The molecule has 0 spiro atoms. The highest BCUT2D eigenvalue weighted by Crippen LogP contribution is 2.33. The van der Waals surface area contributed by atoms with Gasteiger partial charge in [-0.15, -0.1) is 0 Å². The number of rotatable bonds is 6. The summed E-state index contributed by atoms with van der Waals surface area (Å²) >= 11 is 0. The van der Waals surface area contributed by atoms with Gasteiger partial charge in [-0.05, 0) is 77.0 Å². The molecule has 40 heavy (non-hydrogen) atoms. The number of fused-ring (bicyclic) bond motifs is 3. The Labute approximate surface area is 234 Å². The molecule has 0 radical (unpaired) electrons. The zero-order valence-corrected chi connectivity index (χ0v) is 25.1. The molecule has 3 aromatic heterocycles. The summed E-state index contributed by atoms with van der Waals surface area (Å²) in [5.74, 6) is 5.85. The number of hydrogen-bond acceptors (Lipinski definition) is 6. The summed E-state index contributed by atoms with van der Waals surface area (Å²) in [5, 5.41) is 5.86. The summed E-state index contributed by atoms with van der Waals surface area (Å²) in [4.78, 5) is 24.5. The molecule has 1 aromatic carbocycles. The third-order valence-electron chi connectivity index (χ3n) is 6.84. The van der Waals surface area contributed by atoms with E-state index in [1.54, 1.807) is 22.0 Å². The largest absolute Gasteiger partial charge is 0.402 e. The minimum absolute atomic E-state index is 0.0454. The van der Waals surface area contributed by atoms with Crippen LogP contribution in [-0.4, -0.2) is 50.5 Å². The SMILES string of the molecule is Cc1cc2nc(N)c3cnn(C)c3c2cc1C(=O)N(Cc1ncc(C#CC(C)(C)O[Si](C)(C)C)cc1F)C1CC1. The Kier molecular flexibility index (Phi) is 6.92. The number of carbonyl (C=O) groups excluding carboxylic acids is 1. The topological polar surface area (TPSA) is 99.2 Å². The predicted octanol–water partition coefficient (Wildman–Crippen LogP) is 5.33. The van der Waals surface area contributed by atoms with Crippen molar-refractivity contribution in [2.45, 2.75) is 71.4 Å². The van der Waals surface area contributed by atoms with Crippen molar-refractivity contribution in [1.82, 2.24) is 24.6 Å². The second-order valence-corrected chi connectivity index (χ2v) is 16.4. The van der Waals surface area contributed by atoms with Crippen LogP contribution in [0.1, 0.15) is 53.9 Å². The average molecular weight is 559 g/mol. The van der Waals surface area contributed by atoms with Crippen LogP contribution in [0.3, 0.4) is 0 Å². The van der Waals surface area contributed by atoms with E-state index >= 15 is 4.39 Å². The van der Waals surface area contributed by atoms with Crippen molar-refractivity contribution >= 4 is 41.8 Å². The third-order valence-corrected chi connectivity index (χ3v) is 7.96. The lowest BCUT2D eigenvalue weighted by atomic mass is 10.0. The average Bonchev–Trinajstić information content (AvgIpc) is 3.61. The van der Waals surface area contributed by atoms with Gasteiger partial charge >= 0.3 is 0 Å². The monoisotopic (exact) mass is 558 g/mol. The standard InChI is InChI=1S/C30H35FN6O2Si/c1-18-12-25-22(27-23(28(32)35-25)16-34-36(27)4)14-21(18)29(38)37(20-8-9-20)17-26-24(31)13-19(15-33-26)10-11-30(2,3)39-40(5,6)7/h12-16,20H,8-9,17H2,1-7H3,(H2,32,35). The summed E-state index contributed by atoms with van der Waals surface area (Å²) in [5.41, 5.74) is 9.03. The number of benzene rings is 1. The fourth-order valence-corrected chi connectivity index (χ4v) is 6.66. The van der Waals surface area contributed by atoms with Crippen LogP contribution in [-0.2, 0) is 18.0 Å². The zero-order valence-electron chi connectivity index (χ0n) is 24.1. The highest BCUT2D eigenvalue weighted by molar-refractivity contribution is 6.69. The van der Waals surface area contributed by atoms with E-state index in [2.05, 4.69) is 46.5 Å². The molecule has 0 saturated heterocycles. The van der Waals surface area contributed by atoms with Crippen LogP contribution in [0.15, 0.2) is 30.6 Å². The van der Waals surface area contributed by atoms with Crippen molar-refractivity contribution in [3.63, 3.8) is 0 Å². The highest BCUT2D eigenvalue weighted by atomic mass is 28.4. The molecule has 1 aliphatic rings. The van der Waals surface area contributed by atoms with E-state index in [-0.39, 0.29) is 24.2 Å². The van der Waals surface area contributed by atoms with E-state index in [0.29, 0.717) is 22.5 Å². The van der Waals surface area contributed by atoms with Crippen LogP contribution < -0.4 is 5.73 Å². The second-order valence-electron chi connectivity index (χ2n) is 12.0. The molecule has 208 valence electrons. The van der Waals surface area contributed by atoms with Gasteiger partial charge in [-0.25, -0.2) is 9.37 Å². The number of hydrogen-bond donors (Lipinski definition) is 1. The number of aryl methyl sites for hydroxylation is 2. The summed E-state index contributed by atoms with van der Waals surface area (Å²) in [6.07, 6.45) is 4.99. The molecule has 10 heteroatoms. The number of pyridine rings is 2. The Balaban J connectivity index is 1.44. The van der Waals surface area contributed by atoms with Crippen LogP contribution >= 0.6 is 0 Å². The molecular formula is C30H35FN6O2Si. The van der Waals surface area contributed by atoms with Crippen molar-refractivity contribution < 1.29 is 13.6 Å². The summed E-state index contributed by atoms with van der Waals surface area (Å²) < 4.78 is 23.1. The number of carbonyl (C=O) groups is 1. The predicted molar refractivity (Wildman–Crippen MR) is 158 cm³/mol. The van der Waals surface area contributed by atoms with Gasteiger partial charge in [0.05, 0.1) is 34.9 Å². The Morgan fingerprint density at radius 2 is 1.95 bits per heavy atom. The molecule has 5 rings (SSSR count). The number of amides is 1. The van der Waals surface area contributed by atoms with E-state index in [0.717, 1.165) is 34.7 Å². The number of halogens is 1. The molecule has 2 N–H and O–H groups in total. The van der Waals surface area contributed by atoms with Gasteiger partial charge in [0.15, 0.2) is 8.32 Å². The number of nitrogens with two attached hydrogens (primary N) is 1. The zero-order chi connectivity index (χ0) is 29.0. The molecule has 0 aliphatic heterocycles. The summed E-state index contributed by atoms with van der Waals surface area (Å²) in [6.45, 7) is 12.1.